The lowest BCUT2D eigenvalue weighted by atomic mass is 9.90. The average Bonchev–Trinajstić information content (AvgIpc) is 2.95. The van der Waals surface area contributed by atoms with Crippen LogP contribution in [-0.2, 0) is 12.1 Å². The van der Waals surface area contributed by atoms with E-state index in [1.54, 1.807) is 6.20 Å². The summed E-state index contributed by atoms with van der Waals surface area (Å²) < 4.78 is 1.90. The summed E-state index contributed by atoms with van der Waals surface area (Å²) in [6.45, 7) is 4.93. The lowest BCUT2D eigenvalue weighted by molar-refractivity contribution is 0.000340. The highest BCUT2D eigenvalue weighted by Crippen LogP contribution is 2.47. The van der Waals surface area contributed by atoms with Crippen LogP contribution in [0.15, 0.2) is 12.3 Å². The molecule has 2 rings (SSSR count). The molecule has 1 aliphatic carbocycles. The number of hydrogen-bond acceptors (Lipinski definition) is 2. The van der Waals surface area contributed by atoms with E-state index < -0.39 is 5.60 Å². The normalized spacial score (nSPS) is 20.8. The minimum atomic E-state index is -0.632. The van der Waals surface area contributed by atoms with Gasteiger partial charge in [0.1, 0.15) is 5.60 Å². The van der Waals surface area contributed by atoms with E-state index in [0.29, 0.717) is 5.92 Å². The van der Waals surface area contributed by atoms with Gasteiger partial charge in [0.15, 0.2) is 0 Å². The molecule has 1 heterocycles. The summed E-state index contributed by atoms with van der Waals surface area (Å²) in [6, 6.07) is 1.95. The number of nitrogens with zero attached hydrogens (tertiary/aromatic N) is 2. The standard InChI is InChI=1S/C11H18N2O/c1-3-11(14,9-5-6-9)10-7-8-12-13(10)4-2/h7-9,14H,3-6H2,1-2H3. The van der Waals surface area contributed by atoms with Crippen LogP contribution in [0, 0.1) is 5.92 Å². The fraction of sp³-hybridized carbons (Fsp3) is 0.727. The summed E-state index contributed by atoms with van der Waals surface area (Å²) in [5.74, 6) is 0.453. The number of rotatable bonds is 4. The molecular formula is C11H18N2O. The lowest BCUT2D eigenvalue weighted by Gasteiger charge is -2.27. The monoisotopic (exact) mass is 194 g/mol. The van der Waals surface area contributed by atoms with Crippen molar-refractivity contribution in [1.82, 2.24) is 9.78 Å². The second-order valence-electron chi connectivity index (χ2n) is 4.08. The minimum absolute atomic E-state index is 0.453. The van der Waals surface area contributed by atoms with Crippen LogP contribution in [0.2, 0.25) is 0 Å². The molecule has 78 valence electrons. The zero-order chi connectivity index (χ0) is 10.2. The molecule has 0 bridgehead atoms. The first kappa shape index (κ1) is 9.71. The first-order valence-corrected chi connectivity index (χ1v) is 5.47. The average molecular weight is 194 g/mol. The predicted molar refractivity (Wildman–Crippen MR) is 54.8 cm³/mol. The Morgan fingerprint density at radius 2 is 2.29 bits per heavy atom. The maximum atomic E-state index is 10.6. The van der Waals surface area contributed by atoms with Gasteiger partial charge in [-0.2, -0.15) is 5.10 Å². The van der Waals surface area contributed by atoms with Crippen LogP contribution in [0.3, 0.4) is 0 Å². The summed E-state index contributed by atoms with van der Waals surface area (Å²) in [4.78, 5) is 0. The molecule has 0 saturated heterocycles. The quantitative estimate of drug-likeness (QED) is 0.795. The van der Waals surface area contributed by atoms with Gasteiger partial charge in [-0.05, 0) is 38.2 Å². The summed E-state index contributed by atoms with van der Waals surface area (Å²) in [5.41, 5.74) is 0.358. The Morgan fingerprint density at radius 3 is 2.79 bits per heavy atom. The van der Waals surface area contributed by atoms with Gasteiger partial charge < -0.3 is 5.11 Å². The molecule has 0 aliphatic heterocycles. The summed E-state index contributed by atoms with van der Waals surface area (Å²) in [6.07, 6.45) is 4.86. The molecule has 3 heteroatoms. The van der Waals surface area contributed by atoms with Gasteiger partial charge in [0.2, 0.25) is 0 Å². The van der Waals surface area contributed by atoms with Crippen LogP contribution in [0.5, 0.6) is 0 Å². The Balaban J connectivity index is 2.34. The molecule has 0 amide bonds. The van der Waals surface area contributed by atoms with Crippen molar-refractivity contribution in [2.75, 3.05) is 0 Å². The summed E-state index contributed by atoms with van der Waals surface area (Å²) in [7, 11) is 0. The molecule has 14 heavy (non-hydrogen) atoms. The van der Waals surface area contributed by atoms with Gasteiger partial charge in [0.05, 0.1) is 5.69 Å². The van der Waals surface area contributed by atoms with Gasteiger partial charge in [0, 0.05) is 12.7 Å². The zero-order valence-corrected chi connectivity index (χ0v) is 8.90. The van der Waals surface area contributed by atoms with E-state index in [1.165, 1.54) is 0 Å². The molecule has 0 radical (unpaired) electrons. The van der Waals surface area contributed by atoms with Crippen molar-refractivity contribution in [3.63, 3.8) is 0 Å². The van der Waals surface area contributed by atoms with Gasteiger partial charge in [0.25, 0.3) is 0 Å². The van der Waals surface area contributed by atoms with Crippen molar-refractivity contribution in [2.24, 2.45) is 5.92 Å². The molecule has 1 aliphatic rings. The molecule has 1 aromatic rings. The summed E-state index contributed by atoms with van der Waals surface area (Å²) >= 11 is 0. The van der Waals surface area contributed by atoms with Crippen molar-refractivity contribution < 1.29 is 5.11 Å². The van der Waals surface area contributed by atoms with Crippen LogP contribution in [-0.4, -0.2) is 14.9 Å². The molecule has 1 atom stereocenters. The van der Waals surface area contributed by atoms with E-state index in [0.717, 1.165) is 31.5 Å². The fourth-order valence-electron chi connectivity index (χ4n) is 2.19. The highest BCUT2D eigenvalue weighted by atomic mass is 16.3. The highest BCUT2D eigenvalue weighted by Gasteiger charge is 2.45. The van der Waals surface area contributed by atoms with Crippen LogP contribution >= 0.6 is 0 Å². The van der Waals surface area contributed by atoms with E-state index in [-0.39, 0.29) is 0 Å². The Labute approximate surface area is 84.7 Å². The van der Waals surface area contributed by atoms with Crippen molar-refractivity contribution in [3.8, 4) is 0 Å². The Kier molecular flexibility index (Phi) is 2.35. The second-order valence-corrected chi connectivity index (χ2v) is 4.08. The maximum absolute atomic E-state index is 10.6. The lowest BCUT2D eigenvalue weighted by Crippen LogP contribution is -2.30. The van der Waals surface area contributed by atoms with Gasteiger partial charge >= 0.3 is 0 Å². The first-order valence-electron chi connectivity index (χ1n) is 5.47. The molecule has 1 aromatic heterocycles. The summed E-state index contributed by atoms with van der Waals surface area (Å²) in [5, 5.41) is 14.8. The molecule has 1 unspecified atom stereocenters. The molecule has 0 spiro atoms. The predicted octanol–water partition coefficient (Wildman–Crippen LogP) is 1.91. The number of aliphatic hydroxyl groups is 1. The molecule has 0 aromatic carbocycles. The second kappa shape index (κ2) is 3.39. The van der Waals surface area contributed by atoms with Crippen LogP contribution in [0.1, 0.15) is 38.8 Å². The van der Waals surface area contributed by atoms with E-state index in [2.05, 4.69) is 12.0 Å². The smallest absolute Gasteiger partial charge is 0.109 e. The van der Waals surface area contributed by atoms with Gasteiger partial charge in [-0.25, -0.2) is 0 Å². The highest BCUT2D eigenvalue weighted by molar-refractivity contribution is 5.16. The van der Waals surface area contributed by atoms with Crippen molar-refractivity contribution >= 4 is 0 Å². The van der Waals surface area contributed by atoms with E-state index in [9.17, 15) is 5.11 Å². The number of aromatic nitrogens is 2. The molecule has 1 saturated carbocycles. The Bertz CT molecular complexity index is 317. The van der Waals surface area contributed by atoms with E-state index >= 15 is 0 Å². The molecule has 1 fully saturated rings. The largest absolute Gasteiger partial charge is 0.383 e. The Hall–Kier alpha value is -0.830. The number of hydrogen-bond donors (Lipinski definition) is 1. The third kappa shape index (κ3) is 1.36. The van der Waals surface area contributed by atoms with Crippen molar-refractivity contribution in [2.45, 2.75) is 45.3 Å². The van der Waals surface area contributed by atoms with Crippen LogP contribution in [0.25, 0.3) is 0 Å². The maximum Gasteiger partial charge on any atom is 0.109 e. The topological polar surface area (TPSA) is 38.0 Å². The van der Waals surface area contributed by atoms with Gasteiger partial charge in [-0.15, -0.1) is 0 Å². The third-order valence-electron chi connectivity index (χ3n) is 3.25. The Morgan fingerprint density at radius 1 is 1.57 bits per heavy atom. The molecular weight excluding hydrogens is 176 g/mol. The number of aryl methyl sites for hydroxylation is 1. The van der Waals surface area contributed by atoms with Crippen LogP contribution < -0.4 is 0 Å². The van der Waals surface area contributed by atoms with Gasteiger partial charge in [-0.1, -0.05) is 6.92 Å². The van der Waals surface area contributed by atoms with Gasteiger partial charge in [-0.3, -0.25) is 4.68 Å². The first-order chi connectivity index (χ1) is 6.72. The fourth-order valence-corrected chi connectivity index (χ4v) is 2.19. The molecule has 1 N–H and O–H groups in total. The van der Waals surface area contributed by atoms with Crippen molar-refractivity contribution in [3.05, 3.63) is 18.0 Å². The van der Waals surface area contributed by atoms with E-state index in [1.807, 2.05) is 17.7 Å². The van der Waals surface area contributed by atoms with Crippen LogP contribution in [0.4, 0.5) is 0 Å². The van der Waals surface area contributed by atoms with Crippen molar-refractivity contribution in [1.29, 1.82) is 0 Å². The third-order valence-corrected chi connectivity index (χ3v) is 3.25. The SMILES string of the molecule is CCn1nccc1C(O)(CC)C1CC1. The minimum Gasteiger partial charge on any atom is -0.383 e. The van der Waals surface area contributed by atoms with E-state index in [4.69, 9.17) is 0 Å². The molecule has 3 nitrogen and oxygen atoms in total. The zero-order valence-electron chi connectivity index (χ0n) is 8.90.